The molecule has 0 fully saturated rings. The molecule has 0 bridgehead atoms. The molecule has 21 heavy (non-hydrogen) atoms. The molecule has 9 heteroatoms. The highest BCUT2D eigenvalue weighted by atomic mass is 16.6. The van der Waals surface area contributed by atoms with E-state index in [4.69, 9.17) is 9.47 Å². The summed E-state index contributed by atoms with van der Waals surface area (Å²) in [7, 11) is 2.83. The molecule has 0 aliphatic rings. The molecule has 2 aromatic rings. The van der Waals surface area contributed by atoms with Gasteiger partial charge in [0.05, 0.1) is 7.11 Å². The Morgan fingerprint density at radius 1 is 1.48 bits per heavy atom. The minimum absolute atomic E-state index is 0.126. The number of aryl methyl sites for hydroxylation is 1. The summed E-state index contributed by atoms with van der Waals surface area (Å²) in [4.78, 5) is 25.0. The van der Waals surface area contributed by atoms with Crippen LogP contribution in [0.25, 0.3) is 0 Å². The molecule has 0 aliphatic carbocycles. The van der Waals surface area contributed by atoms with Crippen LogP contribution in [0.15, 0.2) is 24.5 Å². The van der Waals surface area contributed by atoms with Crippen molar-refractivity contribution in [2.24, 2.45) is 7.05 Å². The Morgan fingerprint density at radius 2 is 2.19 bits per heavy atom. The number of carbonyl (C=O) groups is 1. The fourth-order valence-corrected chi connectivity index (χ4v) is 1.70. The number of hydrogen-bond donors (Lipinski definition) is 1. The summed E-state index contributed by atoms with van der Waals surface area (Å²) in [5.41, 5.74) is -0.176. The van der Waals surface area contributed by atoms with Gasteiger partial charge in [-0.25, -0.2) is 4.79 Å². The number of aromatic carboxylic acids is 1. The highest BCUT2D eigenvalue weighted by Gasteiger charge is 2.26. The number of methoxy groups -OCH3 is 1. The summed E-state index contributed by atoms with van der Waals surface area (Å²) in [6.07, 6.45) is 1.20. The number of aromatic nitrogens is 2. The van der Waals surface area contributed by atoms with E-state index in [0.29, 0.717) is 0 Å². The molecule has 110 valence electrons. The van der Waals surface area contributed by atoms with Gasteiger partial charge in [-0.1, -0.05) is 6.07 Å². The summed E-state index contributed by atoms with van der Waals surface area (Å²) in [5.74, 6) is -1.93. The molecule has 0 atom stereocenters. The van der Waals surface area contributed by atoms with Crippen LogP contribution >= 0.6 is 0 Å². The van der Waals surface area contributed by atoms with Crippen LogP contribution in [0.1, 0.15) is 10.4 Å². The van der Waals surface area contributed by atoms with Crippen molar-refractivity contribution >= 4 is 11.8 Å². The first-order valence-electron chi connectivity index (χ1n) is 5.69. The van der Waals surface area contributed by atoms with Gasteiger partial charge in [0, 0.05) is 7.05 Å². The quantitative estimate of drug-likeness (QED) is 0.660. The molecule has 0 aliphatic heterocycles. The van der Waals surface area contributed by atoms with E-state index in [1.54, 1.807) is 0 Å². The number of rotatable bonds is 5. The Kier molecular flexibility index (Phi) is 3.74. The molecule has 1 aromatic carbocycles. The van der Waals surface area contributed by atoms with Gasteiger partial charge in [-0.3, -0.25) is 4.57 Å². The van der Waals surface area contributed by atoms with Gasteiger partial charge in [0.25, 0.3) is 0 Å². The van der Waals surface area contributed by atoms with Crippen molar-refractivity contribution in [2.75, 3.05) is 7.11 Å². The third kappa shape index (κ3) is 2.61. The Balaban J connectivity index is 2.56. The maximum Gasteiger partial charge on any atom is 0.427 e. The van der Waals surface area contributed by atoms with Crippen molar-refractivity contribution in [3.8, 4) is 17.4 Å². The molecule has 0 spiro atoms. The monoisotopic (exact) mass is 293 g/mol. The number of nitro groups is 1. The zero-order chi connectivity index (χ0) is 15.6. The first-order valence-corrected chi connectivity index (χ1v) is 5.69. The lowest BCUT2D eigenvalue weighted by Crippen LogP contribution is -2.04. The van der Waals surface area contributed by atoms with Crippen LogP contribution in [0.4, 0.5) is 5.82 Å². The van der Waals surface area contributed by atoms with Crippen LogP contribution in [-0.2, 0) is 7.05 Å². The molecular weight excluding hydrogens is 282 g/mol. The summed E-state index contributed by atoms with van der Waals surface area (Å²) in [6.45, 7) is 0. The van der Waals surface area contributed by atoms with Gasteiger partial charge >= 0.3 is 17.7 Å². The SMILES string of the molecule is COc1cccc(C(=O)O)c1Oc1c([N+](=O)[O-])ncn1C. The van der Waals surface area contributed by atoms with E-state index in [-0.39, 0.29) is 22.9 Å². The average Bonchev–Trinajstić information content (AvgIpc) is 2.80. The van der Waals surface area contributed by atoms with Crippen molar-refractivity contribution < 1.29 is 24.3 Å². The molecule has 1 N–H and O–H groups in total. The minimum Gasteiger partial charge on any atom is -0.493 e. The summed E-state index contributed by atoms with van der Waals surface area (Å²) < 4.78 is 11.7. The maximum absolute atomic E-state index is 11.2. The van der Waals surface area contributed by atoms with Crippen LogP contribution in [0.2, 0.25) is 0 Å². The average molecular weight is 293 g/mol. The summed E-state index contributed by atoms with van der Waals surface area (Å²) in [5, 5.41) is 20.1. The molecule has 1 aromatic heterocycles. The normalized spacial score (nSPS) is 10.2. The van der Waals surface area contributed by atoms with Gasteiger partial charge < -0.3 is 24.7 Å². The molecule has 0 saturated heterocycles. The van der Waals surface area contributed by atoms with Gasteiger partial charge in [-0.2, -0.15) is 0 Å². The molecule has 0 unspecified atom stereocenters. The second-order valence-corrected chi connectivity index (χ2v) is 3.99. The second kappa shape index (κ2) is 5.49. The van der Waals surface area contributed by atoms with E-state index in [1.165, 1.54) is 43.3 Å². The lowest BCUT2D eigenvalue weighted by atomic mass is 10.2. The van der Waals surface area contributed by atoms with E-state index < -0.39 is 16.7 Å². The van der Waals surface area contributed by atoms with Crippen molar-refractivity contribution in [2.45, 2.75) is 0 Å². The molecule has 9 nitrogen and oxygen atoms in total. The van der Waals surface area contributed by atoms with Gasteiger partial charge in [0.15, 0.2) is 11.5 Å². The number of nitrogens with zero attached hydrogens (tertiary/aromatic N) is 3. The fraction of sp³-hybridized carbons (Fsp3) is 0.167. The predicted octanol–water partition coefficient (Wildman–Crippen LogP) is 1.83. The van der Waals surface area contributed by atoms with E-state index in [9.17, 15) is 20.0 Å². The van der Waals surface area contributed by atoms with Gasteiger partial charge in [-0.15, -0.1) is 0 Å². The summed E-state index contributed by atoms with van der Waals surface area (Å²) in [6, 6.07) is 4.28. The number of benzene rings is 1. The number of ether oxygens (including phenoxy) is 2. The number of imidazole rings is 1. The zero-order valence-electron chi connectivity index (χ0n) is 11.1. The molecule has 0 saturated carbocycles. The Hall–Kier alpha value is -3.10. The predicted molar refractivity (Wildman–Crippen MR) is 69.9 cm³/mol. The van der Waals surface area contributed by atoms with Crippen molar-refractivity contribution in [3.05, 3.63) is 40.2 Å². The Bertz CT molecular complexity index is 709. The minimum atomic E-state index is -1.24. The maximum atomic E-state index is 11.2. The lowest BCUT2D eigenvalue weighted by molar-refractivity contribution is -0.390. The number of carboxylic acid groups (broad SMARTS) is 1. The standard InChI is InChI=1S/C12H11N3O6/c1-14-6-13-10(15(18)19)11(14)21-9-7(12(16)17)4-3-5-8(9)20-2/h3-6H,1-2H3,(H,16,17). The van der Waals surface area contributed by atoms with Gasteiger partial charge in [0.2, 0.25) is 6.33 Å². The fourth-order valence-electron chi connectivity index (χ4n) is 1.70. The Morgan fingerprint density at radius 3 is 2.76 bits per heavy atom. The van der Waals surface area contributed by atoms with Crippen molar-refractivity contribution in [3.63, 3.8) is 0 Å². The number of hydrogen-bond acceptors (Lipinski definition) is 6. The Labute approximate surface area is 118 Å². The number of carboxylic acids is 1. The summed E-state index contributed by atoms with van der Waals surface area (Å²) >= 11 is 0. The number of para-hydroxylation sites is 1. The molecule has 1 heterocycles. The van der Waals surface area contributed by atoms with Crippen LogP contribution in [0, 0.1) is 10.1 Å². The van der Waals surface area contributed by atoms with Crippen LogP contribution in [-0.4, -0.2) is 32.7 Å². The topological polar surface area (TPSA) is 117 Å². The highest BCUT2D eigenvalue weighted by molar-refractivity contribution is 5.92. The third-order valence-electron chi connectivity index (χ3n) is 2.67. The molecular formula is C12H11N3O6. The smallest absolute Gasteiger partial charge is 0.427 e. The van der Waals surface area contributed by atoms with E-state index >= 15 is 0 Å². The largest absolute Gasteiger partial charge is 0.493 e. The zero-order valence-corrected chi connectivity index (χ0v) is 11.1. The van der Waals surface area contributed by atoms with Crippen LogP contribution < -0.4 is 9.47 Å². The van der Waals surface area contributed by atoms with Gasteiger partial charge in [-0.05, 0) is 22.0 Å². The molecule has 2 rings (SSSR count). The van der Waals surface area contributed by atoms with E-state index in [1.807, 2.05) is 0 Å². The van der Waals surface area contributed by atoms with Crippen LogP contribution in [0.5, 0.6) is 17.4 Å². The van der Waals surface area contributed by atoms with E-state index in [2.05, 4.69) is 4.98 Å². The van der Waals surface area contributed by atoms with Crippen molar-refractivity contribution in [1.29, 1.82) is 0 Å². The third-order valence-corrected chi connectivity index (χ3v) is 2.67. The first kappa shape index (κ1) is 14.3. The van der Waals surface area contributed by atoms with Crippen LogP contribution in [0.3, 0.4) is 0 Å². The second-order valence-electron chi connectivity index (χ2n) is 3.99. The first-order chi connectivity index (χ1) is 9.95. The van der Waals surface area contributed by atoms with Gasteiger partial charge in [0.1, 0.15) is 5.56 Å². The van der Waals surface area contributed by atoms with Crippen molar-refractivity contribution in [1.82, 2.24) is 9.55 Å². The highest BCUT2D eigenvalue weighted by Crippen LogP contribution is 2.37. The van der Waals surface area contributed by atoms with E-state index in [0.717, 1.165) is 0 Å². The lowest BCUT2D eigenvalue weighted by Gasteiger charge is -2.12. The molecule has 0 radical (unpaired) electrons. The molecule has 0 amide bonds.